The third kappa shape index (κ3) is 2.01. The van der Waals surface area contributed by atoms with E-state index < -0.39 is 0 Å². The Bertz CT molecular complexity index is 400. The van der Waals surface area contributed by atoms with Crippen LogP contribution in [0.1, 0.15) is 20.3 Å². The number of nitrogens with one attached hydrogen (secondary N) is 1. The first-order valence-electron chi connectivity index (χ1n) is 5.06. The normalized spacial score (nSPS) is 22.2. The molecule has 1 unspecified atom stereocenters. The summed E-state index contributed by atoms with van der Waals surface area (Å²) < 4.78 is 13.2. The Hall–Kier alpha value is -1.38. The molecule has 15 heavy (non-hydrogen) atoms. The summed E-state index contributed by atoms with van der Waals surface area (Å²) in [5, 5.41) is 2.61. The predicted octanol–water partition coefficient (Wildman–Crippen LogP) is 2.81. The highest BCUT2D eigenvalue weighted by Crippen LogP contribution is 2.52. The second-order valence-electron chi connectivity index (χ2n) is 4.71. The number of carbonyl (C=O) groups excluding carboxylic acids is 1. The van der Waals surface area contributed by atoms with Crippen molar-refractivity contribution < 1.29 is 9.18 Å². The van der Waals surface area contributed by atoms with E-state index in [1.807, 2.05) is 13.8 Å². The third-order valence-corrected chi connectivity index (χ3v) is 2.96. The first kappa shape index (κ1) is 10.1. The molecule has 0 aliphatic heterocycles. The van der Waals surface area contributed by atoms with Crippen LogP contribution in [0, 0.1) is 17.2 Å². The monoisotopic (exact) mass is 207 g/mol. The lowest BCUT2D eigenvalue weighted by molar-refractivity contribution is -0.118. The van der Waals surface area contributed by atoms with Gasteiger partial charge in [0.2, 0.25) is 5.91 Å². The van der Waals surface area contributed by atoms with Gasteiger partial charge in [0.25, 0.3) is 0 Å². The summed E-state index contributed by atoms with van der Waals surface area (Å²) in [7, 11) is 0. The third-order valence-electron chi connectivity index (χ3n) is 2.96. The number of para-hydroxylation sites is 1. The number of hydrogen-bond acceptors (Lipinski definition) is 1. The second kappa shape index (κ2) is 3.33. The number of hydrogen-bond donors (Lipinski definition) is 1. The molecule has 0 heterocycles. The maximum atomic E-state index is 13.2. The van der Waals surface area contributed by atoms with E-state index in [4.69, 9.17) is 0 Å². The van der Waals surface area contributed by atoms with Gasteiger partial charge in [-0.15, -0.1) is 0 Å². The van der Waals surface area contributed by atoms with E-state index in [9.17, 15) is 9.18 Å². The van der Waals surface area contributed by atoms with Crippen LogP contribution in [0.15, 0.2) is 24.3 Å². The van der Waals surface area contributed by atoms with Gasteiger partial charge in [0.05, 0.1) is 5.69 Å². The fourth-order valence-electron chi connectivity index (χ4n) is 1.70. The van der Waals surface area contributed by atoms with Crippen molar-refractivity contribution in [1.29, 1.82) is 0 Å². The average Bonchev–Trinajstić information content (AvgIpc) is 2.79. The zero-order chi connectivity index (χ0) is 11.1. The van der Waals surface area contributed by atoms with Gasteiger partial charge in [0.15, 0.2) is 0 Å². The zero-order valence-corrected chi connectivity index (χ0v) is 8.88. The summed E-state index contributed by atoms with van der Waals surface area (Å²) in [6.07, 6.45) is 0.882. The summed E-state index contributed by atoms with van der Waals surface area (Å²) in [5.74, 6) is -0.438. The standard InChI is InChI=1S/C12H14FNO/c1-12(2)7-8(12)11(15)14-10-6-4-3-5-9(10)13/h3-6,8H,7H2,1-2H3,(H,14,15). The van der Waals surface area contributed by atoms with Crippen molar-refractivity contribution >= 4 is 11.6 Å². The summed E-state index contributed by atoms with van der Waals surface area (Å²) in [4.78, 5) is 11.7. The lowest BCUT2D eigenvalue weighted by Gasteiger charge is -2.06. The molecular formula is C12H14FNO. The van der Waals surface area contributed by atoms with Gasteiger partial charge in [-0.25, -0.2) is 4.39 Å². The second-order valence-corrected chi connectivity index (χ2v) is 4.71. The van der Waals surface area contributed by atoms with Crippen molar-refractivity contribution in [3.63, 3.8) is 0 Å². The van der Waals surface area contributed by atoms with E-state index in [1.165, 1.54) is 6.07 Å². The molecule has 1 saturated carbocycles. The van der Waals surface area contributed by atoms with Crippen LogP contribution in [0.3, 0.4) is 0 Å². The molecule has 0 spiro atoms. The Kier molecular flexibility index (Phi) is 2.25. The van der Waals surface area contributed by atoms with Gasteiger partial charge in [-0.2, -0.15) is 0 Å². The fraction of sp³-hybridized carbons (Fsp3) is 0.417. The lowest BCUT2D eigenvalue weighted by Crippen LogP contribution is -2.17. The van der Waals surface area contributed by atoms with Crippen molar-refractivity contribution in [3.05, 3.63) is 30.1 Å². The van der Waals surface area contributed by atoms with Crippen LogP contribution in [0.2, 0.25) is 0 Å². The van der Waals surface area contributed by atoms with Gasteiger partial charge in [0, 0.05) is 5.92 Å². The maximum Gasteiger partial charge on any atom is 0.228 e. The minimum Gasteiger partial charge on any atom is -0.323 e. The SMILES string of the molecule is CC1(C)CC1C(=O)Nc1ccccc1F. The molecule has 1 aromatic carbocycles. The number of halogens is 1. The molecule has 2 nitrogen and oxygen atoms in total. The Balaban J connectivity index is 2.05. The molecule has 1 N–H and O–H groups in total. The van der Waals surface area contributed by atoms with Crippen molar-refractivity contribution in [2.24, 2.45) is 11.3 Å². The zero-order valence-electron chi connectivity index (χ0n) is 8.88. The number of benzene rings is 1. The number of rotatable bonds is 2. The minimum atomic E-state index is -0.385. The summed E-state index contributed by atoms with van der Waals surface area (Å²) in [6, 6.07) is 6.22. The van der Waals surface area contributed by atoms with Gasteiger partial charge < -0.3 is 5.32 Å². The fourth-order valence-corrected chi connectivity index (χ4v) is 1.70. The quantitative estimate of drug-likeness (QED) is 0.793. The number of amides is 1. The Morgan fingerprint density at radius 3 is 2.60 bits per heavy atom. The van der Waals surface area contributed by atoms with Crippen molar-refractivity contribution in [3.8, 4) is 0 Å². The van der Waals surface area contributed by atoms with E-state index >= 15 is 0 Å². The highest BCUT2D eigenvalue weighted by atomic mass is 19.1. The summed E-state index contributed by atoms with van der Waals surface area (Å²) in [5.41, 5.74) is 0.347. The minimum absolute atomic E-state index is 0.0251. The largest absolute Gasteiger partial charge is 0.323 e. The summed E-state index contributed by atoms with van der Waals surface area (Å²) >= 11 is 0. The average molecular weight is 207 g/mol. The smallest absolute Gasteiger partial charge is 0.228 e. The Morgan fingerprint density at radius 1 is 1.47 bits per heavy atom. The lowest BCUT2D eigenvalue weighted by atomic mass is 10.1. The van der Waals surface area contributed by atoms with Crippen LogP contribution in [-0.4, -0.2) is 5.91 Å². The number of anilines is 1. The van der Waals surface area contributed by atoms with Crippen LogP contribution < -0.4 is 5.32 Å². The van der Waals surface area contributed by atoms with Crippen molar-refractivity contribution in [1.82, 2.24) is 0 Å². The maximum absolute atomic E-state index is 13.2. The van der Waals surface area contributed by atoms with E-state index in [2.05, 4.69) is 5.32 Å². The Labute approximate surface area is 88.5 Å². The summed E-state index contributed by atoms with van der Waals surface area (Å²) in [6.45, 7) is 4.08. The van der Waals surface area contributed by atoms with Crippen LogP contribution in [-0.2, 0) is 4.79 Å². The molecule has 0 radical (unpaired) electrons. The molecule has 2 rings (SSSR count). The van der Waals surface area contributed by atoms with Crippen molar-refractivity contribution in [2.45, 2.75) is 20.3 Å². The molecule has 1 aliphatic rings. The van der Waals surface area contributed by atoms with Crippen LogP contribution >= 0.6 is 0 Å². The van der Waals surface area contributed by atoms with Crippen molar-refractivity contribution in [2.75, 3.05) is 5.32 Å². The van der Waals surface area contributed by atoms with E-state index in [1.54, 1.807) is 18.2 Å². The topological polar surface area (TPSA) is 29.1 Å². The van der Waals surface area contributed by atoms with E-state index in [-0.39, 0.29) is 28.7 Å². The molecule has 1 amide bonds. The van der Waals surface area contributed by atoms with Gasteiger partial charge in [-0.1, -0.05) is 26.0 Å². The molecule has 0 aromatic heterocycles. The molecule has 3 heteroatoms. The highest BCUT2D eigenvalue weighted by molar-refractivity contribution is 5.95. The number of carbonyl (C=O) groups is 1. The molecule has 1 aliphatic carbocycles. The highest BCUT2D eigenvalue weighted by Gasteiger charge is 2.50. The molecule has 1 aromatic rings. The van der Waals surface area contributed by atoms with Gasteiger partial charge in [-0.05, 0) is 24.0 Å². The van der Waals surface area contributed by atoms with E-state index in [0.717, 1.165) is 6.42 Å². The van der Waals surface area contributed by atoms with Crippen LogP contribution in [0.25, 0.3) is 0 Å². The van der Waals surface area contributed by atoms with Gasteiger partial charge in [-0.3, -0.25) is 4.79 Å². The first-order chi connectivity index (χ1) is 7.00. The molecule has 0 saturated heterocycles. The van der Waals surface area contributed by atoms with Crippen LogP contribution in [0.5, 0.6) is 0 Å². The molecular weight excluding hydrogens is 193 g/mol. The predicted molar refractivity (Wildman–Crippen MR) is 56.9 cm³/mol. The Morgan fingerprint density at radius 2 is 2.07 bits per heavy atom. The van der Waals surface area contributed by atoms with Gasteiger partial charge in [0.1, 0.15) is 5.82 Å². The first-order valence-corrected chi connectivity index (χ1v) is 5.06. The molecule has 80 valence electrons. The van der Waals surface area contributed by atoms with Crippen LogP contribution in [0.4, 0.5) is 10.1 Å². The van der Waals surface area contributed by atoms with E-state index in [0.29, 0.717) is 0 Å². The molecule has 1 fully saturated rings. The molecule has 0 bridgehead atoms. The van der Waals surface area contributed by atoms with Gasteiger partial charge >= 0.3 is 0 Å². The molecule has 1 atom stereocenters.